The van der Waals surface area contributed by atoms with Crippen LogP contribution in [-0.2, 0) is 13.1 Å². The van der Waals surface area contributed by atoms with Crippen molar-refractivity contribution < 1.29 is 9.21 Å². The van der Waals surface area contributed by atoms with Crippen LogP contribution >= 0.6 is 0 Å². The third-order valence-electron chi connectivity index (χ3n) is 2.95. The standard InChI is InChI=1S/C14H18N4O2/c1-2-18(9-11-5-3-4-8-16-11)10-12-6-7-13(20-12)14(19)17-15/h3-8H,2,9-10,15H2,1H3,(H,17,19). The summed E-state index contributed by atoms with van der Waals surface area (Å²) in [5, 5.41) is 0. The highest BCUT2D eigenvalue weighted by Crippen LogP contribution is 2.12. The first-order valence-electron chi connectivity index (χ1n) is 6.45. The van der Waals surface area contributed by atoms with Crippen LogP contribution in [0.2, 0.25) is 0 Å². The number of nitrogens with one attached hydrogen (secondary N) is 1. The summed E-state index contributed by atoms with van der Waals surface area (Å²) in [5.74, 6) is 5.58. The Morgan fingerprint density at radius 2 is 2.20 bits per heavy atom. The SMILES string of the molecule is CCN(Cc1ccccn1)Cc1ccc(C(=O)NN)o1. The molecule has 0 aliphatic carbocycles. The highest BCUT2D eigenvalue weighted by molar-refractivity contribution is 5.90. The van der Waals surface area contributed by atoms with E-state index in [0.29, 0.717) is 6.54 Å². The number of hydrogen-bond donors (Lipinski definition) is 2. The molecule has 0 saturated heterocycles. The van der Waals surface area contributed by atoms with Gasteiger partial charge in [-0.15, -0.1) is 0 Å². The minimum Gasteiger partial charge on any atom is -0.455 e. The molecule has 0 aliphatic rings. The Morgan fingerprint density at radius 1 is 1.35 bits per heavy atom. The Balaban J connectivity index is 1.99. The Morgan fingerprint density at radius 3 is 2.85 bits per heavy atom. The number of hydrogen-bond acceptors (Lipinski definition) is 5. The number of nitrogens with two attached hydrogens (primary N) is 1. The van der Waals surface area contributed by atoms with Crippen LogP contribution in [0.5, 0.6) is 0 Å². The molecule has 2 aromatic rings. The molecule has 106 valence electrons. The van der Waals surface area contributed by atoms with Crippen molar-refractivity contribution in [1.82, 2.24) is 15.3 Å². The van der Waals surface area contributed by atoms with Gasteiger partial charge in [0, 0.05) is 12.7 Å². The van der Waals surface area contributed by atoms with Gasteiger partial charge in [-0.25, -0.2) is 5.84 Å². The highest BCUT2D eigenvalue weighted by atomic mass is 16.4. The summed E-state index contributed by atoms with van der Waals surface area (Å²) in [6.45, 7) is 4.27. The Labute approximate surface area is 117 Å². The Kier molecular flexibility index (Phi) is 4.86. The third kappa shape index (κ3) is 3.66. The first-order valence-corrected chi connectivity index (χ1v) is 6.45. The van der Waals surface area contributed by atoms with E-state index in [1.165, 1.54) is 0 Å². The molecule has 20 heavy (non-hydrogen) atoms. The minimum atomic E-state index is -0.427. The maximum Gasteiger partial charge on any atom is 0.300 e. The van der Waals surface area contributed by atoms with Crippen LogP contribution < -0.4 is 11.3 Å². The zero-order valence-corrected chi connectivity index (χ0v) is 11.4. The Bertz CT molecular complexity index is 553. The number of carbonyl (C=O) groups excluding carboxylic acids is 1. The normalized spacial score (nSPS) is 10.8. The van der Waals surface area contributed by atoms with Gasteiger partial charge in [0.2, 0.25) is 0 Å². The molecule has 0 unspecified atom stereocenters. The quantitative estimate of drug-likeness (QED) is 0.471. The van der Waals surface area contributed by atoms with Crippen LogP contribution in [0, 0.1) is 0 Å². The summed E-state index contributed by atoms with van der Waals surface area (Å²) < 4.78 is 5.45. The van der Waals surface area contributed by atoms with E-state index in [1.807, 2.05) is 23.6 Å². The summed E-state index contributed by atoms with van der Waals surface area (Å²) >= 11 is 0. The maximum atomic E-state index is 11.3. The number of rotatable bonds is 6. The van der Waals surface area contributed by atoms with Gasteiger partial charge in [-0.2, -0.15) is 0 Å². The first kappa shape index (κ1) is 14.2. The van der Waals surface area contributed by atoms with Crippen molar-refractivity contribution in [3.05, 3.63) is 53.7 Å². The number of amides is 1. The molecule has 0 bridgehead atoms. The smallest absolute Gasteiger partial charge is 0.300 e. The van der Waals surface area contributed by atoms with Crippen molar-refractivity contribution in [2.24, 2.45) is 5.84 Å². The van der Waals surface area contributed by atoms with Gasteiger partial charge < -0.3 is 4.42 Å². The van der Waals surface area contributed by atoms with Crippen molar-refractivity contribution in [3.63, 3.8) is 0 Å². The van der Waals surface area contributed by atoms with Gasteiger partial charge in [-0.1, -0.05) is 13.0 Å². The molecule has 2 rings (SSSR count). The Hall–Kier alpha value is -2.18. The van der Waals surface area contributed by atoms with E-state index >= 15 is 0 Å². The van der Waals surface area contributed by atoms with Gasteiger partial charge in [0.15, 0.2) is 5.76 Å². The molecule has 1 amide bonds. The molecule has 0 spiro atoms. The number of pyridine rings is 1. The van der Waals surface area contributed by atoms with Crippen LogP contribution in [0.3, 0.4) is 0 Å². The lowest BCUT2D eigenvalue weighted by Gasteiger charge is -2.18. The molecule has 2 aromatic heterocycles. The van der Waals surface area contributed by atoms with E-state index in [2.05, 4.69) is 16.8 Å². The van der Waals surface area contributed by atoms with E-state index in [-0.39, 0.29) is 5.76 Å². The number of hydrazine groups is 1. The maximum absolute atomic E-state index is 11.3. The molecule has 0 aliphatic heterocycles. The van der Waals surface area contributed by atoms with Crippen molar-refractivity contribution in [2.75, 3.05) is 6.54 Å². The number of carbonyl (C=O) groups is 1. The molecular weight excluding hydrogens is 256 g/mol. The predicted molar refractivity (Wildman–Crippen MR) is 74.4 cm³/mol. The second-order valence-electron chi connectivity index (χ2n) is 4.36. The third-order valence-corrected chi connectivity index (χ3v) is 2.95. The summed E-state index contributed by atoms with van der Waals surface area (Å²) in [4.78, 5) is 17.8. The molecule has 6 heteroatoms. The monoisotopic (exact) mass is 274 g/mol. The lowest BCUT2D eigenvalue weighted by Crippen LogP contribution is -2.29. The van der Waals surface area contributed by atoms with Gasteiger partial charge in [0.25, 0.3) is 0 Å². The second kappa shape index (κ2) is 6.83. The summed E-state index contributed by atoms with van der Waals surface area (Å²) in [6.07, 6.45) is 1.78. The number of aromatic nitrogens is 1. The fourth-order valence-corrected chi connectivity index (χ4v) is 1.88. The topological polar surface area (TPSA) is 84.4 Å². The van der Waals surface area contributed by atoms with E-state index in [9.17, 15) is 4.79 Å². The molecule has 0 aromatic carbocycles. The van der Waals surface area contributed by atoms with E-state index in [0.717, 1.165) is 24.5 Å². The van der Waals surface area contributed by atoms with Crippen LogP contribution in [0.4, 0.5) is 0 Å². The molecule has 0 radical (unpaired) electrons. The molecule has 0 atom stereocenters. The molecule has 3 N–H and O–H groups in total. The zero-order valence-electron chi connectivity index (χ0n) is 11.4. The summed E-state index contributed by atoms with van der Waals surface area (Å²) in [5.41, 5.74) is 3.05. The first-order chi connectivity index (χ1) is 9.72. The van der Waals surface area contributed by atoms with Crippen LogP contribution in [0.1, 0.15) is 28.9 Å². The van der Waals surface area contributed by atoms with E-state index < -0.39 is 5.91 Å². The molecule has 6 nitrogen and oxygen atoms in total. The highest BCUT2D eigenvalue weighted by Gasteiger charge is 2.12. The van der Waals surface area contributed by atoms with Crippen LogP contribution in [-0.4, -0.2) is 22.3 Å². The van der Waals surface area contributed by atoms with Gasteiger partial charge in [-0.05, 0) is 30.8 Å². The second-order valence-corrected chi connectivity index (χ2v) is 4.36. The van der Waals surface area contributed by atoms with Crippen molar-refractivity contribution >= 4 is 5.91 Å². The van der Waals surface area contributed by atoms with Gasteiger partial charge in [0.1, 0.15) is 5.76 Å². The fraction of sp³-hybridized carbons (Fsp3) is 0.286. The van der Waals surface area contributed by atoms with Gasteiger partial charge in [0.05, 0.1) is 12.2 Å². The van der Waals surface area contributed by atoms with Crippen LogP contribution in [0.25, 0.3) is 0 Å². The number of nitrogens with zero attached hydrogens (tertiary/aromatic N) is 2. The average molecular weight is 274 g/mol. The minimum absolute atomic E-state index is 0.219. The van der Waals surface area contributed by atoms with Crippen molar-refractivity contribution in [1.29, 1.82) is 0 Å². The number of nitrogen functional groups attached to an aromatic ring is 1. The van der Waals surface area contributed by atoms with E-state index in [4.69, 9.17) is 10.3 Å². The van der Waals surface area contributed by atoms with Crippen LogP contribution in [0.15, 0.2) is 40.9 Å². The lowest BCUT2D eigenvalue weighted by atomic mass is 10.3. The van der Waals surface area contributed by atoms with Gasteiger partial charge >= 0.3 is 5.91 Å². The summed E-state index contributed by atoms with van der Waals surface area (Å²) in [7, 11) is 0. The molecular formula is C14H18N4O2. The number of furan rings is 1. The fourth-order valence-electron chi connectivity index (χ4n) is 1.88. The van der Waals surface area contributed by atoms with Crippen molar-refractivity contribution in [2.45, 2.75) is 20.0 Å². The van der Waals surface area contributed by atoms with Crippen molar-refractivity contribution in [3.8, 4) is 0 Å². The molecule has 0 fully saturated rings. The largest absolute Gasteiger partial charge is 0.455 e. The predicted octanol–water partition coefficient (Wildman–Crippen LogP) is 1.30. The zero-order chi connectivity index (χ0) is 14.4. The molecule has 0 saturated carbocycles. The van der Waals surface area contributed by atoms with E-state index in [1.54, 1.807) is 18.3 Å². The van der Waals surface area contributed by atoms with Gasteiger partial charge in [-0.3, -0.25) is 20.1 Å². The lowest BCUT2D eigenvalue weighted by molar-refractivity contribution is 0.0922. The molecule has 2 heterocycles. The summed E-state index contributed by atoms with van der Waals surface area (Å²) in [6, 6.07) is 9.24. The average Bonchev–Trinajstić information content (AvgIpc) is 2.95.